The number of hydrogen-bond donors (Lipinski definition) is 1. The van der Waals surface area contributed by atoms with Crippen LogP contribution in [0.2, 0.25) is 0 Å². The summed E-state index contributed by atoms with van der Waals surface area (Å²) in [5.41, 5.74) is 6.03. The smallest absolute Gasteiger partial charge is 0.0431 e. The van der Waals surface area contributed by atoms with Crippen molar-refractivity contribution >= 4 is 0 Å². The summed E-state index contributed by atoms with van der Waals surface area (Å²) in [5, 5.41) is 8.88. The van der Waals surface area contributed by atoms with Gasteiger partial charge in [-0.25, -0.2) is 0 Å². The Bertz CT molecular complexity index is 316. The SMILES string of the molecule is CCc1cc(CC)c(CCCCO)c(CC)c1. The zero-order valence-electron chi connectivity index (χ0n) is 11.6. The molecule has 1 nitrogen and oxygen atoms in total. The van der Waals surface area contributed by atoms with Crippen molar-refractivity contribution in [2.45, 2.75) is 59.3 Å². The number of unbranched alkanes of at least 4 members (excludes halogenated alkanes) is 1. The summed E-state index contributed by atoms with van der Waals surface area (Å²) in [6.45, 7) is 7.02. The molecule has 0 atom stereocenters. The molecule has 1 N–H and O–H groups in total. The summed E-state index contributed by atoms with van der Waals surface area (Å²) < 4.78 is 0. The van der Waals surface area contributed by atoms with Gasteiger partial charge < -0.3 is 5.11 Å². The summed E-state index contributed by atoms with van der Waals surface area (Å²) in [6, 6.07) is 4.74. The van der Waals surface area contributed by atoms with Gasteiger partial charge in [0.05, 0.1) is 0 Å². The van der Waals surface area contributed by atoms with Crippen molar-refractivity contribution in [1.82, 2.24) is 0 Å². The second-order valence-corrected chi connectivity index (χ2v) is 4.63. The molecule has 0 aliphatic rings. The maximum absolute atomic E-state index is 8.88. The van der Waals surface area contributed by atoms with Crippen LogP contribution < -0.4 is 0 Å². The standard InChI is InChI=1S/C16H26O/c1-4-13-11-14(5-2)16(9-7-8-10-17)15(6-3)12-13/h11-12,17H,4-10H2,1-3H3. The van der Waals surface area contributed by atoms with E-state index in [1.54, 1.807) is 5.56 Å². The van der Waals surface area contributed by atoms with Crippen LogP contribution in [0.5, 0.6) is 0 Å². The normalized spacial score (nSPS) is 10.8. The molecule has 0 amide bonds. The van der Waals surface area contributed by atoms with Crippen LogP contribution in [-0.2, 0) is 25.7 Å². The van der Waals surface area contributed by atoms with Crippen LogP contribution in [0.25, 0.3) is 0 Å². The fourth-order valence-electron chi connectivity index (χ4n) is 2.44. The lowest BCUT2D eigenvalue weighted by molar-refractivity contribution is 0.284. The molecule has 1 heteroatoms. The Hall–Kier alpha value is -0.820. The maximum atomic E-state index is 8.88. The first kappa shape index (κ1) is 14.2. The Morgan fingerprint density at radius 2 is 1.47 bits per heavy atom. The third kappa shape index (κ3) is 3.85. The number of rotatable bonds is 7. The Morgan fingerprint density at radius 3 is 1.88 bits per heavy atom. The summed E-state index contributed by atoms with van der Waals surface area (Å²) in [4.78, 5) is 0. The van der Waals surface area contributed by atoms with E-state index in [1.165, 1.54) is 16.7 Å². The zero-order chi connectivity index (χ0) is 12.7. The van der Waals surface area contributed by atoms with Crippen molar-refractivity contribution in [2.75, 3.05) is 6.61 Å². The molecule has 1 aromatic rings. The number of aryl methyl sites for hydroxylation is 3. The second-order valence-electron chi connectivity index (χ2n) is 4.63. The van der Waals surface area contributed by atoms with E-state index >= 15 is 0 Å². The first-order valence-corrected chi connectivity index (χ1v) is 7.01. The monoisotopic (exact) mass is 234 g/mol. The summed E-state index contributed by atoms with van der Waals surface area (Å²) >= 11 is 0. The van der Waals surface area contributed by atoms with Crippen molar-refractivity contribution in [1.29, 1.82) is 0 Å². The number of aliphatic hydroxyl groups excluding tert-OH is 1. The third-order valence-corrected chi connectivity index (χ3v) is 3.50. The number of aliphatic hydroxyl groups is 1. The van der Waals surface area contributed by atoms with Crippen molar-refractivity contribution < 1.29 is 5.11 Å². The molecule has 0 spiro atoms. The Kier molecular flexibility index (Phi) is 6.28. The van der Waals surface area contributed by atoms with E-state index in [0.29, 0.717) is 6.61 Å². The van der Waals surface area contributed by atoms with Gasteiger partial charge in [-0.3, -0.25) is 0 Å². The third-order valence-electron chi connectivity index (χ3n) is 3.50. The van der Waals surface area contributed by atoms with Gasteiger partial charge in [-0.2, -0.15) is 0 Å². The van der Waals surface area contributed by atoms with Crippen molar-refractivity contribution in [3.63, 3.8) is 0 Å². The summed E-state index contributed by atoms with van der Waals surface area (Å²) in [7, 11) is 0. The van der Waals surface area contributed by atoms with E-state index in [1.807, 2.05) is 0 Å². The molecule has 0 heterocycles. The Balaban J connectivity index is 2.98. The second kappa shape index (κ2) is 7.50. The Morgan fingerprint density at radius 1 is 0.882 bits per heavy atom. The predicted molar refractivity (Wildman–Crippen MR) is 74.6 cm³/mol. The molecule has 0 aliphatic heterocycles. The molecule has 0 bridgehead atoms. The van der Waals surface area contributed by atoms with Crippen LogP contribution >= 0.6 is 0 Å². The van der Waals surface area contributed by atoms with E-state index in [9.17, 15) is 0 Å². The van der Waals surface area contributed by atoms with Crippen LogP contribution in [0.15, 0.2) is 12.1 Å². The molecule has 0 aromatic heterocycles. The lowest BCUT2D eigenvalue weighted by Gasteiger charge is -2.15. The van der Waals surface area contributed by atoms with Gasteiger partial charge in [-0.15, -0.1) is 0 Å². The first-order valence-electron chi connectivity index (χ1n) is 7.01. The number of benzene rings is 1. The summed E-state index contributed by atoms with van der Waals surface area (Å²) in [6.07, 6.45) is 6.50. The van der Waals surface area contributed by atoms with Gasteiger partial charge in [0, 0.05) is 6.61 Å². The van der Waals surface area contributed by atoms with Crippen LogP contribution in [-0.4, -0.2) is 11.7 Å². The Labute approximate surface area is 106 Å². The molecule has 0 saturated heterocycles. The highest BCUT2D eigenvalue weighted by molar-refractivity contribution is 5.39. The highest BCUT2D eigenvalue weighted by Crippen LogP contribution is 2.22. The highest BCUT2D eigenvalue weighted by Gasteiger charge is 2.08. The lowest BCUT2D eigenvalue weighted by Crippen LogP contribution is -2.02. The van der Waals surface area contributed by atoms with Gasteiger partial charge in [0.2, 0.25) is 0 Å². The molecule has 0 saturated carbocycles. The van der Waals surface area contributed by atoms with E-state index in [2.05, 4.69) is 32.9 Å². The van der Waals surface area contributed by atoms with Gasteiger partial charge in [0.25, 0.3) is 0 Å². The molecule has 17 heavy (non-hydrogen) atoms. The summed E-state index contributed by atoms with van der Waals surface area (Å²) in [5.74, 6) is 0. The molecular weight excluding hydrogens is 208 g/mol. The van der Waals surface area contributed by atoms with Gasteiger partial charge in [-0.05, 0) is 60.8 Å². The largest absolute Gasteiger partial charge is 0.396 e. The molecule has 1 rings (SSSR count). The van der Waals surface area contributed by atoms with Crippen LogP contribution in [0, 0.1) is 0 Å². The van der Waals surface area contributed by atoms with Gasteiger partial charge in [0.15, 0.2) is 0 Å². The van der Waals surface area contributed by atoms with Crippen molar-refractivity contribution in [3.8, 4) is 0 Å². The van der Waals surface area contributed by atoms with Gasteiger partial charge in [-0.1, -0.05) is 32.9 Å². The molecule has 1 aromatic carbocycles. The van der Waals surface area contributed by atoms with E-state index in [4.69, 9.17) is 5.11 Å². The molecule has 0 fully saturated rings. The predicted octanol–water partition coefficient (Wildman–Crippen LogP) is 3.69. The minimum atomic E-state index is 0.315. The maximum Gasteiger partial charge on any atom is 0.0431 e. The average molecular weight is 234 g/mol. The molecular formula is C16H26O. The molecule has 96 valence electrons. The zero-order valence-corrected chi connectivity index (χ0v) is 11.6. The van der Waals surface area contributed by atoms with Gasteiger partial charge >= 0.3 is 0 Å². The highest BCUT2D eigenvalue weighted by atomic mass is 16.2. The van der Waals surface area contributed by atoms with E-state index in [-0.39, 0.29) is 0 Å². The van der Waals surface area contributed by atoms with Crippen LogP contribution in [0.3, 0.4) is 0 Å². The van der Waals surface area contributed by atoms with Crippen LogP contribution in [0.4, 0.5) is 0 Å². The molecule has 0 aliphatic carbocycles. The fourth-order valence-corrected chi connectivity index (χ4v) is 2.44. The molecule has 0 radical (unpaired) electrons. The first-order chi connectivity index (χ1) is 8.26. The quantitative estimate of drug-likeness (QED) is 0.713. The topological polar surface area (TPSA) is 20.2 Å². The lowest BCUT2D eigenvalue weighted by atomic mass is 9.90. The minimum Gasteiger partial charge on any atom is -0.396 e. The number of hydrogen-bond acceptors (Lipinski definition) is 1. The van der Waals surface area contributed by atoms with E-state index in [0.717, 1.165) is 38.5 Å². The van der Waals surface area contributed by atoms with Crippen molar-refractivity contribution in [3.05, 3.63) is 34.4 Å². The average Bonchev–Trinajstić information content (AvgIpc) is 2.38. The minimum absolute atomic E-state index is 0.315. The van der Waals surface area contributed by atoms with Gasteiger partial charge in [0.1, 0.15) is 0 Å². The van der Waals surface area contributed by atoms with Crippen LogP contribution in [0.1, 0.15) is 55.9 Å². The molecule has 0 unspecified atom stereocenters. The fraction of sp³-hybridized carbons (Fsp3) is 0.625. The van der Waals surface area contributed by atoms with Crippen molar-refractivity contribution in [2.24, 2.45) is 0 Å². The van der Waals surface area contributed by atoms with E-state index < -0.39 is 0 Å².